The predicted molar refractivity (Wildman–Crippen MR) is 104 cm³/mol. The van der Waals surface area contributed by atoms with Crippen molar-refractivity contribution in [1.29, 1.82) is 0 Å². The number of benzene rings is 1. The quantitative estimate of drug-likeness (QED) is 0.809. The molecule has 1 aromatic heterocycles. The summed E-state index contributed by atoms with van der Waals surface area (Å²) < 4.78 is 19.3. The van der Waals surface area contributed by atoms with Crippen molar-refractivity contribution in [2.75, 3.05) is 33.2 Å². The number of likely N-dealkylation sites (tertiary alicyclic amines) is 2. The number of amides is 1. The molecular formula is C22H28FN3O2. The van der Waals surface area contributed by atoms with Gasteiger partial charge in [0.1, 0.15) is 11.6 Å². The van der Waals surface area contributed by atoms with E-state index < -0.39 is 0 Å². The van der Waals surface area contributed by atoms with Crippen molar-refractivity contribution in [3.63, 3.8) is 0 Å². The first-order valence-electron chi connectivity index (χ1n) is 10.2. The number of carbonyl (C=O) groups excluding carboxylic acids is 1. The number of oxazole rings is 1. The second kappa shape index (κ2) is 8.43. The maximum atomic E-state index is 13.4. The Balaban J connectivity index is 1.38. The molecule has 1 aromatic carbocycles. The van der Waals surface area contributed by atoms with Crippen LogP contribution in [-0.2, 0) is 11.2 Å². The fraction of sp³-hybridized carbons (Fsp3) is 0.545. The zero-order valence-corrected chi connectivity index (χ0v) is 16.4. The minimum Gasteiger partial charge on any atom is -0.445 e. The Morgan fingerprint density at radius 3 is 2.86 bits per heavy atom. The number of carbonyl (C=O) groups is 1. The highest BCUT2D eigenvalue weighted by Crippen LogP contribution is 2.29. The van der Waals surface area contributed by atoms with Gasteiger partial charge in [0, 0.05) is 25.4 Å². The summed E-state index contributed by atoms with van der Waals surface area (Å²) in [6, 6.07) is 6.54. The molecule has 1 atom stereocenters. The molecule has 2 aromatic rings. The third-order valence-corrected chi connectivity index (χ3v) is 5.99. The van der Waals surface area contributed by atoms with Crippen molar-refractivity contribution in [3.8, 4) is 0 Å². The van der Waals surface area contributed by atoms with Crippen molar-refractivity contribution in [3.05, 3.63) is 53.5 Å². The van der Waals surface area contributed by atoms with Gasteiger partial charge in [0.2, 0.25) is 5.91 Å². The van der Waals surface area contributed by atoms with Crippen LogP contribution >= 0.6 is 0 Å². The van der Waals surface area contributed by atoms with Gasteiger partial charge in [-0.3, -0.25) is 4.79 Å². The van der Waals surface area contributed by atoms with Gasteiger partial charge in [-0.2, -0.15) is 0 Å². The zero-order chi connectivity index (χ0) is 19.5. The zero-order valence-electron chi connectivity index (χ0n) is 16.4. The van der Waals surface area contributed by atoms with Crippen molar-refractivity contribution >= 4 is 5.91 Å². The maximum absolute atomic E-state index is 13.4. The molecule has 5 nitrogen and oxygen atoms in total. The van der Waals surface area contributed by atoms with Crippen LogP contribution in [0.4, 0.5) is 4.39 Å². The molecule has 6 heteroatoms. The van der Waals surface area contributed by atoms with E-state index in [4.69, 9.17) is 4.42 Å². The molecule has 2 fully saturated rings. The second-order valence-corrected chi connectivity index (χ2v) is 8.17. The van der Waals surface area contributed by atoms with E-state index in [9.17, 15) is 9.18 Å². The topological polar surface area (TPSA) is 49.6 Å². The Kier molecular flexibility index (Phi) is 5.76. The molecule has 0 N–H and O–H groups in total. The number of rotatable bonds is 4. The van der Waals surface area contributed by atoms with Crippen molar-refractivity contribution in [1.82, 2.24) is 14.8 Å². The Hall–Kier alpha value is -2.21. The fourth-order valence-electron chi connectivity index (χ4n) is 4.33. The molecule has 1 amide bonds. The van der Waals surface area contributed by atoms with Crippen molar-refractivity contribution < 1.29 is 13.6 Å². The molecule has 3 heterocycles. The lowest BCUT2D eigenvalue weighted by Gasteiger charge is -2.36. The van der Waals surface area contributed by atoms with Gasteiger partial charge in [0.25, 0.3) is 0 Å². The van der Waals surface area contributed by atoms with Crippen molar-refractivity contribution in [2.24, 2.45) is 5.92 Å². The largest absolute Gasteiger partial charge is 0.445 e. The van der Waals surface area contributed by atoms with Crippen molar-refractivity contribution in [2.45, 2.75) is 38.0 Å². The highest BCUT2D eigenvalue weighted by Gasteiger charge is 2.32. The van der Waals surface area contributed by atoms with Gasteiger partial charge in [-0.1, -0.05) is 12.1 Å². The number of nitrogens with zero attached hydrogens (tertiary/aromatic N) is 3. The van der Waals surface area contributed by atoms with Crippen LogP contribution in [0.3, 0.4) is 0 Å². The average molecular weight is 385 g/mol. The number of halogens is 1. The summed E-state index contributed by atoms with van der Waals surface area (Å²) in [5.74, 6) is 1.79. The Morgan fingerprint density at radius 1 is 1.25 bits per heavy atom. The molecule has 2 aliphatic rings. The monoisotopic (exact) mass is 385 g/mol. The summed E-state index contributed by atoms with van der Waals surface area (Å²) in [6.45, 7) is 3.51. The molecule has 28 heavy (non-hydrogen) atoms. The summed E-state index contributed by atoms with van der Waals surface area (Å²) in [5.41, 5.74) is 0.866. The SMILES string of the molecule is CN1CCC(C(=O)N2CCC[C@H](c3ncc(Cc4cccc(F)c4)o3)C2)CC1. The van der Waals surface area contributed by atoms with E-state index in [1.807, 2.05) is 11.0 Å². The van der Waals surface area contributed by atoms with Gasteiger partial charge in [0.15, 0.2) is 5.89 Å². The van der Waals surface area contributed by atoms with Gasteiger partial charge in [0.05, 0.1) is 12.1 Å². The molecule has 4 rings (SSSR count). The minimum atomic E-state index is -0.243. The number of aromatic nitrogens is 1. The van der Waals surface area contributed by atoms with Crippen LogP contribution < -0.4 is 0 Å². The fourth-order valence-corrected chi connectivity index (χ4v) is 4.33. The third-order valence-electron chi connectivity index (χ3n) is 5.99. The number of piperidine rings is 2. The lowest BCUT2D eigenvalue weighted by Crippen LogP contribution is -2.45. The molecule has 0 radical (unpaired) electrons. The van der Waals surface area contributed by atoms with Gasteiger partial charge < -0.3 is 14.2 Å². The maximum Gasteiger partial charge on any atom is 0.225 e. The molecule has 0 saturated carbocycles. The molecule has 0 spiro atoms. The second-order valence-electron chi connectivity index (χ2n) is 8.17. The van der Waals surface area contributed by atoms with Crippen LogP contribution in [0, 0.1) is 11.7 Å². The van der Waals surface area contributed by atoms with Crippen LogP contribution in [0.2, 0.25) is 0 Å². The van der Waals surface area contributed by atoms with Crippen LogP contribution in [0.1, 0.15) is 48.8 Å². The molecule has 0 aliphatic carbocycles. The molecule has 0 unspecified atom stereocenters. The highest BCUT2D eigenvalue weighted by molar-refractivity contribution is 5.79. The summed E-state index contributed by atoms with van der Waals surface area (Å²) in [6.07, 6.45) is 6.12. The van der Waals surface area contributed by atoms with Crippen LogP contribution in [0.25, 0.3) is 0 Å². The molecule has 0 bridgehead atoms. The summed E-state index contributed by atoms with van der Waals surface area (Å²) in [7, 11) is 2.11. The van der Waals surface area contributed by atoms with E-state index in [1.54, 1.807) is 12.3 Å². The van der Waals surface area contributed by atoms with Gasteiger partial charge in [-0.05, 0) is 63.5 Å². The summed E-state index contributed by atoms with van der Waals surface area (Å²) in [4.78, 5) is 21.7. The number of hydrogen-bond donors (Lipinski definition) is 0. The Bertz CT molecular complexity index is 814. The van der Waals surface area contributed by atoms with Crippen LogP contribution in [0.15, 0.2) is 34.9 Å². The van der Waals surface area contributed by atoms with Crippen LogP contribution in [0.5, 0.6) is 0 Å². The van der Waals surface area contributed by atoms with E-state index in [0.29, 0.717) is 24.8 Å². The Labute approximate surface area is 165 Å². The normalized spacial score (nSPS) is 21.8. The van der Waals surface area contributed by atoms with E-state index in [2.05, 4.69) is 16.9 Å². The minimum absolute atomic E-state index is 0.144. The lowest BCUT2D eigenvalue weighted by molar-refractivity contribution is -0.138. The third kappa shape index (κ3) is 4.43. The Morgan fingerprint density at radius 2 is 2.07 bits per heavy atom. The molecule has 150 valence electrons. The van der Waals surface area contributed by atoms with Gasteiger partial charge >= 0.3 is 0 Å². The highest BCUT2D eigenvalue weighted by atomic mass is 19.1. The van der Waals surface area contributed by atoms with Gasteiger partial charge in [-0.15, -0.1) is 0 Å². The van der Waals surface area contributed by atoms with Crippen LogP contribution in [-0.4, -0.2) is 53.9 Å². The first kappa shape index (κ1) is 19.1. The van der Waals surface area contributed by atoms with E-state index in [1.165, 1.54) is 12.1 Å². The molecule has 2 saturated heterocycles. The number of hydrogen-bond acceptors (Lipinski definition) is 4. The summed E-state index contributed by atoms with van der Waals surface area (Å²) >= 11 is 0. The first-order chi connectivity index (χ1) is 13.6. The molecular weight excluding hydrogens is 357 g/mol. The average Bonchev–Trinajstić information content (AvgIpc) is 3.17. The molecule has 2 aliphatic heterocycles. The smallest absolute Gasteiger partial charge is 0.225 e. The van der Waals surface area contributed by atoms with E-state index in [-0.39, 0.29) is 17.7 Å². The van der Waals surface area contributed by atoms with E-state index in [0.717, 1.165) is 56.6 Å². The first-order valence-corrected chi connectivity index (χ1v) is 10.2. The van der Waals surface area contributed by atoms with Gasteiger partial charge in [-0.25, -0.2) is 9.37 Å². The standard InChI is InChI=1S/C22H28FN3O2/c1-25-10-7-17(8-11-25)22(27)26-9-3-5-18(15-26)21-24-14-20(28-21)13-16-4-2-6-19(23)12-16/h2,4,6,12,14,17-18H,3,5,7-11,13,15H2,1H3/t18-/m0/s1. The lowest BCUT2D eigenvalue weighted by atomic mass is 9.92. The summed E-state index contributed by atoms with van der Waals surface area (Å²) in [5, 5.41) is 0. The predicted octanol–water partition coefficient (Wildman–Crippen LogP) is 3.45. The van der Waals surface area contributed by atoms with E-state index >= 15 is 0 Å².